The smallest absolute Gasteiger partial charge is 0.226 e. The molecule has 2 aromatic heterocycles. The van der Waals surface area contributed by atoms with Crippen LogP contribution in [0.3, 0.4) is 0 Å². The molecule has 1 atom stereocenters. The van der Waals surface area contributed by atoms with Crippen molar-refractivity contribution in [3.63, 3.8) is 0 Å². The molecule has 3 rings (SSSR count). The van der Waals surface area contributed by atoms with Gasteiger partial charge in [0.15, 0.2) is 0 Å². The van der Waals surface area contributed by atoms with Crippen LogP contribution in [0.2, 0.25) is 4.34 Å². The summed E-state index contributed by atoms with van der Waals surface area (Å²) in [5, 5.41) is 7.08. The van der Waals surface area contributed by atoms with Gasteiger partial charge in [-0.05, 0) is 37.0 Å². The zero-order valence-electron chi connectivity index (χ0n) is 12.2. The zero-order valence-corrected chi connectivity index (χ0v) is 13.8. The standard InChI is InChI=1S/C16H18ClN3OS/c1-2-7-20(10-13-4-6-15(17)22-13)16(21)11-3-5-14-12(8-11)9-18-19-14/h2,4,6,9,11H,1,3,5,7-8,10H2,(H,18,19)/t11-/m1/s1. The van der Waals surface area contributed by atoms with Gasteiger partial charge in [0.25, 0.3) is 0 Å². The third-order valence-corrected chi connectivity index (χ3v) is 5.22. The maximum Gasteiger partial charge on any atom is 0.226 e. The molecule has 1 aliphatic rings. The average Bonchev–Trinajstić information content (AvgIpc) is 3.14. The van der Waals surface area contributed by atoms with Gasteiger partial charge in [0, 0.05) is 23.0 Å². The summed E-state index contributed by atoms with van der Waals surface area (Å²) >= 11 is 7.50. The number of fused-ring (bicyclic) bond motifs is 1. The van der Waals surface area contributed by atoms with Gasteiger partial charge in [-0.1, -0.05) is 17.7 Å². The summed E-state index contributed by atoms with van der Waals surface area (Å²) in [6.45, 7) is 4.92. The van der Waals surface area contributed by atoms with Crippen LogP contribution in [0, 0.1) is 5.92 Å². The fraction of sp³-hybridized carbons (Fsp3) is 0.375. The molecule has 0 spiro atoms. The summed E-state index contributed by atoms with van der Waals surface area (Å²) in [4.78, 5) is 15.8. The fourth-order valence-corrected chi connectivity index (χ4v) is 4.00. The summed E-state index contributed by atoms with van der Waals surface area (Å²) in [5.74, 6) is 0.219. The summed E-state index contributed by atoms with van der Waals surface area (Å²) in [7, 11) is 0. The van der Waals surface area contributed by atoms with E-state index in [2.05, 4.69) is 16.8 Å². The van der Waals surface area contributed by atoms with Crippen molar-refractivity contribution in [1.82, 2.24) is 15.1 Å². The molecule has 0 saturated heterocycles. The van der Waals surface area contributed by atoms with Crippen molar-refractivity contribution in [2.45, 2.75) is 25.8 Å². The molecule has 0 fully saturated rings. The Balaban J connectivity index is 1.71. The molecule has 2 heterocycles. The van der Waals surface area contributed by atoms with Crippen LogP contribution >= 0.6 is 22.9 Å². The maximum atomic E-state index is 12.9. The molecule has 116 valence electrons. The molecule has 2 aromatic rings. The molecule has 0 aliphatic heterocycles. The highest BCUT2D eigenvalue weighted by atomic mass is 35.5. The van der Waals surface area contributed by atoms with Crippen LogP contribution in [-0.4, -0.2) is 27.5 Å². The van der Waals surface area contributed by atoms with E-state index in [4.69, 9.17) is 11.6 Å². The number of aromatic amines is 1. The van der Waals surface area contributed by atoms with Crippen LogP contribution < -0.4 is 0 Å². The first-order chi connectivity index (χ1) is 10.7. The molecular weight excluding hydrogens is 318 g/mol. The average molecular weight is 336 g/mol. The monoisotopic (exact) mass is 335 g/mol. The Bertz CT molecular complexity index is 678. The van der Waals surface area contributed by atoms with Crippen LogP contribution in [0.1, 0.15) is 22.6 Å². The number of H-pyrrole nitrogens is 1. The van der Waals surface area contributed by atoms with E-state index >= 15 is 0 Å². The minimum Gasteiger partial charge on any atom is -0.334 e. The van der Waals surface area contributed by atoms with Gasteiger partial charge in [-0.3, -0.25) is 9.89 Å². The first-order valence-electron chi connectivity index (χ1n) is 7.32. The van der Waals surface area contributed by atoms with Crippen molar-refractivity contribution in [3.05, 3.63) is 51.5 Å². The van der Waals surface area contributed by atoms with E-state index in [1.807, 2.05) is 23.2 Å². The number of aryl methyl sites for hydroxylation is 1. The number of rotatable bonds is 5. The lowest BCUT2D eigenvalue weighted by Gasteiger charge is -2.28. The van der Waals surface area contributed by atoms with Gasteiger partial charge >= 0.3 is 0 Å². The van der Waals surface area contributed by atoms with Crippen molar-refractivity contribution >= 4 is 28.8 Å². The molecule has 6 heteroatoms. The maximum absolute atomic E-state index is 12.9. The third-order valence-electron chi connectivity index (χ3n) is 4.00. The van der Waals surface area contributed by atoms with Gasteiger partial charge in [0.05, 0.1) is 17.1 Å². The third kappa shape index (κ3) is 3.25. The van der Waals surface area contributed by atoms with Crippen molar-refractivity contribution < 1.29 is 4.79 Å². The van der Waals surface area contributed by atoms with Gasteiger partial charge < -0.3 is 4.90 Å². The highest BCUT2D eigenvalue weighted by Crippen LogP contribution is 2.27. The topological polar surface area (TPSA) is 49.0 Å². The molecule has 0 radical (unpaired) electrons. The number of amides is 1. The van der Waals surface area contributed by atoms with Gasteiger partial charge in [-0.25, -0.2) is 0 Å². The minimum absolute atomic E-state index is 0.0282. The van der Waals surface area contributed by atoms with Crippen LogP contribution in [0.25, 0.3) is 0 Å². The van der Waals surface area contributed by atoms with E-state index in [0.717, 1.165) is 28.5 Å². The number of nitrogens with zero attached hydrogens (tertiary/aromatic N) is 2. The van der Waals surface area contributed by atoms with E-state index in [9.17, 15) is 4.79 Å². The van der Waals surface area contributed by atoms with Crippen molar-refractivity contribution in [1.29, 1.82) is 0 Å². The molecule has 0 saturated carbocycles. The summed E-state index contributed by atoms with van der Waals surface area (Å²) in [6, 6.07) is 3.85. The SMILES string of the molecule is C=CCN(Cc1ccc(Cl)s1)C(=O)[C@@H]1CCc2[nH]ncc2C1. The van der Waals surface area contributed by atoms with Crippen LogP contribution in [0.15, 0.2) is 31.0 Å². The Morgan fingerprint density at radius 3 is 3.18 bits per heavy atom. The predicted octanol–water partition coefficient (Wildman–Crippen LogP) is 3.44. The van der Waals surface area contributed by atoms with E-state index in [0.29, 0.717) is 13.1 Å². The van der Waals surface area contributed by atoms with Crippen molar-refractivity contribution in [3.8, 4) is 0 Å². The number of carbonyl (C=O) groups excluding carboxylic acids is 1. The Labute approximate surface area is 138 Å². The van der Waals surface area contributed by atoms with Crippen LogP contribution in [0.5, 0.6) is 0 Å². The molecule has 1 N–H and O–H groups in total. The van der Waals surface area contributed by atoms with E-state index in [-0.39, 0.29) is 11.8 Å². The molecule has 0 aromatic carbocycles. The lowest BCUT2D eigenvalue weighted by Crippen LogP contribution is -2.37. The highest BCUT2D eigenvalue weighted by Gasteiger charge is 2.29. The van der Waals surface area contributed by atoms with Gasteiger partial charge in [-0.2, -0.15) is 5.10 Å². The van der Waals surface area contributed by atoms with E-state index in [1.54, 1.807) is 6.08 Å². The first kappa shape index (κ1) is 15.3. The minimum atomic E-state index is 0.0282. The fourth-order valence-electron chi connectivity index (χ4n) is 2.90. The quantitative estimate of drug-likeness (QED) is 0.851. The Morgan fingerprint density at radius 2 is 2.45 bits per heavy atom. The zero-order chi connectivity index (χ0) is 15.5. The molecule has 22 heavy (non-hydrogen) atoms. The van der Waals surface area contributed by atoms with Crippen molar-refractivity contribution in [2.75, 3.05) is 6.54 Å². The van der Waals surface area contributed by atoms with Crippen LogP contribution in [-0.2, 0) is 24.2 Å². The van der Waals surface area contributed by atoms with Crippen molar-refractivity contribution in [2.24, 2.45) is 5.92 Å². The van der Waals surface area contributed by atoms with Crippen LogP contribution in [0.4, 0.5) is 0 Å². The van der Waals surface area contributed by atoms with E-state index in [1.165, 1.54) is 22.6 Å². The predicted molar refractivity (Wildman–Crippen MR) is 89.0 cm³/mol. The highest BCUT2D eigenvalue weighted by molar-refractivity contribution is 7.16. The number of halogens is 1. The number of aromatic nitrogens is 2. The Hall–Kier alpha value is -1.59. The van der Waals surface area contributed by atoms with Gasteiger partial charge in [0.1, 0.15) is 0 Å². The molecule has 0 bridgehead atoms. The molecule has 1 amide bonds. The number of hydrogen-bond donors (Lipinski definition) is 1. The number of hydrogen-bond acceptors (Lipinski definition) is 3. The van der Waals surface area contributed by atoms with Gasteiger partial charge in [0.2, 0.25) is 5.91 Å². The molecule has 1 aliphatic carbocycles. The molecule has 0 unspecified atom stereocenters. The number of thiophene rings is 1. The van der Waals surface area contributed by atoms with E-state index < -0.39 is 0 Å². The Morgan fingerprint density at radius 1 is 1.59 bits per heavy atom. The normalized spacial score (nSPS) is 17.0. The summed E-state index contributed by atoms with van der Waals surface area (Å²) < 4.78 is 0.752. The molecular formula is C16H18ClN3OS. The largest absolute Gasteiger partial charge is 0.334 e. The number of carbonyl (C=O) groups is 1. The van der Waals surface area contributed by atoms with Gasteiger partial charge in [-0.15, -0.1) is 17.9 Å². The summed E-state index contributed by atoms with van der Waals surface area (Å²) in [5.41, 5.74) is 2.34. The molecule has 4 nitrogen and oxygen atoms in total. The lowest BCUT2D eigenvalue weighted by molar-refractivity contribution is -0.136. The first-order valence-corrected chi connectivity index (χ1v) is 8.52. The Kier molecular flexibility index (Phi) is 4.64. The second kappa shape index (κ2) is 6.67. The second-order valence-electron chi connectivity index (χ2n) is 5.53. The second-order valence-corrected chi connectivity index (χ2v) is 7.33. The summed E-state index contributed by atoms with van der Waals surface area (Å²) in [6.07, 6.45) is 6.14. The lowest BCUT2D eigenvalue weighted by atomic mass is 9.87. The number of nitrogens with one attached hydrogen (secondary N) is 1.